The molecule has 0 aromatic heterocycles. The highest BCUT2D eigenvalue weighted by Gasteiger charge is 2.14. The molecular weight excluding hydrogens is 334 g/mol. The van der Waals surface area contributed by atoms with E-state index in [4.69, 9.17) is 9.47 Å². The Morgan fingerprint density at radius 2 is 1.85 bits per heavy atom. The van der Waals surface area contributed by atoms with E-state index in [-0.39, 0.29) is 18.3 Å². The minimum Gasteiger partial charge on any atom is -0.497 e. The highest BCUT2D eigenvalue weighted by molar-refractivity contribution is 5.92. The van der Waals surface area contributed by atoms with Gasteiger partial charge in [-0.05, 0) is 36.6 Å². The number of carbonyl (C=O) groups is 2. The summed E-state index contributed by atoms with van der Waals surface area (Å²) >= 11 is 0. The van der Waals surface area contributed by atoms with Crippen molar-refractivity contribution in [3.63, 3.8) is 0 Å². The largest absolute Gasteiger partial charge is 0.497 e. The number of esters is 1. The van der Waals surface area contributed by atoms with Crippen LogP contribution >= 0.6 is 0 Å². The molecule has 0 aliphatic carbocycles. The van der Waals surface area contributed by atoms with Crippen molar-refractivity contribution in [3.05, 3.63) is 29.8 Å². The fraction of sp³-hybridized carbons (Fsp3) is 0.500. The van der Waals surface area contributed by atoms with E-state index in [1.54, 1.807) is 43.4 Å². The van der Waals surface area contributed by atoms with Gasteiger partial charge in [-0.3, -0.25) is 9.59 Å². The Labute approximate surface area is 155 Å². The summed E-state index contributed by atoms with van der Waals surface area (Å²) in [6, 6.07) is 5.38. The van der Waals surface area contributed by atoms with E-state index in [0.717, 1.165) is 12.0 Å². The zero-order valence-corrected chi connectivity index (χ0v) is 16.3. The molecule has 0 spiro atoms. The van der Waals surface area contributed by atoms with Gasteiger partial charge in [-0.2, -0.15) is 0 Å². The average Bonchev–Trinajstić information content (AvgIpc) is 2.65. The molecule has 144 valence electrons. The lowest BCUT2D eigenvalue weighted by Crippen LogP contribution is -2.33. The van der Waals surface area contributed by atoms with Gasteiger partial charge in [-0.15, -0.1) is 0 Å². The molecule has 0 aliphatic rings. The summed E-state index contributed by atoms with van der Waals surface area (Å²) in [6.07, 6.45) is 4.24. The Morgan fingerprint density at radius 1 is 1.12 bits per heavy atom. The number of hydrogen-bond donors (Lipinski definition) is 0. The Bertz CT molecular complexity index is 625. The van der Waals surface area contributed by atoms with Crippen LogP contribution in [0.4, 0.5) is 0 Å². The third-order valence-corrected chi connectivity index (χ3v) is 3.94. The molecule has 6 heteroatoms. The lowest BCUT2D eigenvalue weighted by Gasteiger charge is -2.21. The van der Waals surface area contributed by atoms with Crippen LogP contribution in [0.15, 0.2) is 24.3 Å². The predicted molar refractivity (Wildman–Crippen MR) is 101 cm³/mol. The van der Waals surface area contributed by atoms with Crippen LogP contribution in [0.2, 0.25) is 0 Å². The maximum absolute atomic E-state index is 12.6. The van der Waals surface area contributed by atoms with Crippen molar-refractivity contribution < 1.29 is 23.8 Å². The van der Waals surface area contributed by atoms with Crippen molar-refractivity contribution in [2.75, 3.05) is 34.4 Å². The van der Waals surface area contributed by atoms with Crippen molar-refractivity contribution in [2.24, 2.45) is 5.92 Å². The van der Waals surface area contributed by atoms with Crippen LogP contribution in [-0.2, 0) is 14.3 Å². The summed E-state index contributed by atoms with van der Waals surface area (Å²) in [7, 11) is 4.50. The first-order chi connectivity index (χ1) is 12.4. The summed E-state index contributed by atoms with van der Waals surface area (Å²) in [5.41, 5.74) is 0.747. The number of benzene rings is 1. The van der Waals surface area contributed by atoms with E-state index >= 15 is 0 Å². The normalized spacial score (nSPS) is 10.8. The van der Waals surface area contributed by atoms with Gasteiger partial charge in [0.05, 0.1) is 27.8 Å². The highest BCUT2D eigenvalue weighted by Crippen LogP contribution is 2.25. The molecule has 0 bridgehead atoms. The standard InChI is InChI=1S/C20H29NO5/c1-15(2)10-12-21(13-11-20(23)26-5)19(22)9-6-16-14-17(24-3)7-8-18(16)25-4/h6-9,14-15H,10-13H2,1-5H3/b9-6+. The zero-order chi connectivity index (χ0) is 19.5. The zero-order valence-electron chi connectivity index (χ0n) is 16.3. The Balaban J connectivity index is 2.89. The van der Waals surface area contributed by atoms with Gasteiger partial charge in [0.15, 0.2) is 0 Å². The summed E-state index contributed by atoms with van der Waals surface area (Å²) < 4.78 is 15.2. The third kappa shape index (κ3) is 7.17. The van der Waals surface area contributed by atoms with Gasteiger partial charge >= 0.3 is 5.97 Å². The molecule has 0 heterocycles. The Kier molecular flexibility index (Phi) is 9.26. The summed E-state index contributed by atoms with van der Waals surface area (Å²) in [6.45, 7) is 5.12. The highest BCUT2D eigenvalue weighted by atomic mass is 16.5. The van der Waals surface area contributed by atoms with E-state index in [0.29, 0.717) is 30.5 Å². The van der Waals surface area contributed by atoms with Crippen LogP contribution in [0.25, 0.3) is 6.08 Å². The number of ether oxygens (including phenoxy) is 3. The Hall–Kier alpha value is -2.50. The van der Waals surface area contributed by atoms with Gasteiger partial charge in [0, 0.05) is 24.7 Å². The van der Waals surface area contributed by atoms with Crippen molar-refractivity contribution >= 4 is 18.0 Å². The maximum atomic E-state index is 12.6. The van der Waals surface area contributed by atoms with Gasteiger partial charge in [-0.1, -0.05) is 13.8 Å². The smallest absolute Gasteiger partial charge is 0.307 e. The average molecular weight is 363 g/mol. The first-order valence-corrected chi connectivity index (χ1v) is 8.67. The number of nitrogens with zero attached hydrogens (tertiary/aromatic N) is 1. The fourth-order valence-corrected chi connectivity index (χ4v) is 2.31. The molecule has 0 N–H and O–H groups in total. The molecule has 0 fully saturated rings. The number of hydrogen-bond acceptors (Lipinski definition) is 5. The number of rotatable bonds is 10. The third-order valence-electron chi connectivity index (χ3n) is 3.94. The maximum Gasteiger partial charge on any atom is 0.307 e. The minimum atomic E-state index is -0.328. The fourth-order valence-electron chi connectivity index (χ4n) is 2.31. The minimum absolute atomic E-state index is 0.153. The van der Waals surface area contributed by atoms with Crippen molar-refractivity contribution in [1.82, 2.24) is 4.90 Å². The van der Waals surface area contributed by atoms with Crippen LogP contribution in [0.3, 0.4) is 0 Å². The second-order valence-electron chi connectivity index (χ2n) is 6.28. The molecule has 26 heavy (non-hydrogen) atoms. The van der Waals surface area contributed by atoms with E-state index < -0.39 is 0 Å². The second-order valence-corrected chi connectivity index (χ2v) is 6.28. The van der Waals surface area contributed by atoms with Gasteiger partial charge in [0.2, 0.25) is 5.91 Å². The van der Waals surface area contributed by atoms with Gasteiger partial charge < -0.3 is 19.1 Å². The molecule has 0 atom stereocenters. The molecule has 1 amide bonds. The topological polar surface area (TPSA) is 65.1 Å². The van der Waals surface area contributed by atoms with E-state index in [1.165, 1.54) is 13.2 Å². The van der Waals surface area contributed by atoms with Gasteiger partial charge in [0.1, 0.15) is 11.5 Å². The van der Waals surface area contributed by atoms with Crippen molar-refractivity contribution in [3.8, 4) is 11.5 Å². The molecule has 0 radical (unpaired) electrons. The molecular formula is C20H29NO5. The molecule has 0 unspecified atom stereocenters. The van der Waals surface area contributed by atoms with Gasteiger partial charge in [0.25, 0.3) is 0 Å². The molecule has 1 rings (SSSR count). The summed E-state index contributed by atoms with van der Waals surface area (Å²) in [5.74, 6) is 1.31. The molecule has 0 saturated carbocycles. The molecule has 0 saturated heterocycles. The van der Waals surface area contributed by atoms with Gasteiger partial charge in [-0.25, -0.2) is 0 Å². The van der Waals surface area contributed by atoms with Crippen molar-refractivity contribution in [2.45, 2.75) is 26.7 Å². The van der Waals surface area contributed by atoms with E-state index in [1.807, 2.05) is 0 Å². The van der Waals surface area contributed by atoms with Crippen LogP contribution in [0.1, 0.15) is 32.3 Å². The Morgan fingerprint density at radius 3 is 2.42 bits per heavy atom. The predicted octanol–water partition coefficient (Wildman–Crippen LogP) is 3.15. The number of amides is 1. The molecule has 0 aliphatic heterocycles. The first-order valence-electron chi connectivity index (χ1n) is 8.67. The number of carbonyl (C=O) groups excluding carboxylic acids is 2. The van der Waals surface area contributed by atoms with E-state index in [2.05, 4.69) is 18.6 Å². The SMILES string of the molecule is COC(=O)CCN(CCC(C)C)C(=O)/C=C/c1cc(OC)ccc1OC. The van der Waals surface area contributed by atoms with Crippen LogP contribution < -0.4 is 9.47 Å². The monoisotopic (exact) mass is 363 g/mol. The lowest BCUT2D eigenvalue weighted by atomic mass is 10.1. The van der Waals surface area contributed by atoms with E-state index in [9.17, 15) is 9.59 Å². The quantitative estimate of drug-likeness (QED) is 0.472. The summed E-state index contributed by atoms with van der Waals surface area (Å²) in [5, 5.41) is 0. The molecule has 1 aromatic rings. The van der Waals surface area contributed by atoms with Crippen LogP contribution in [0.5, 0.6) is 11.5 Å². The van der Waals surface area contributed by atoms with Crippen molar-refractivity contribution in [1.29, 1.82) is 0 Å². The molecule has 6 nitrogen and oxygen atoms in total. The second kappa shape index (κ2) is 11.2. The van der Waals surface area contributed by atoms with Crippen LogP contribution in [-0.4, -0.2) is 51.2 Å². The summed E-state index contributed by atoms with van der Waals surface area (Å²) in [4.78, 5) is 25.7. The first kappa shape index (κ1) is 21.5. The van der Waals surface area contributed by atoms with Crippen LogP contribution in [0, 0.1) is 5.92 Å². The number of methoxy groups -OCH3 is 3. The lowest BCUT2D eigenvalue weighted by molar-refractivity contribution is -0.141. The molecule has 1 aromatic carbocycles.